The Morgan fingerprint density at radius 3 is 2.74 bits per heavy atom. The molecule has 1 aromatic rings. The molecule has 1 aromatic heterocycles. The lowest BCUT2D eigenvalue weighted by Crippen LogP contribution is -2.35. The van der Waals surface area contributed by atoms with Crippen molar-refractivity contribution in [1.82, 2.24) is 20.8 Å². The predicted octanol–water partition coefficient (Wildman–Crippen LogP) is 2.13. The molecule has 0 aliphatic heterocycles. The quantitative estimate of drug-likeness (QED) is 0.605. The van der Waals surface area contributed by atoms with Gasteiger partial charge < -0.3 is 20.1 Å². The number of nitrogens with one attached hydrogen (secondary N) is 3. The van der Waals surface area contributed by atoms with E-state index in [0.717, 1.165) is 30.6 Å². The molecule has 7 nitrogen and oxygen atoms in total. The van der Waals surface area contributed by atoms with Gasteiger partial charge in [0.25, 0.3) is 0 Å². The van der Waals surface area contributed by atoms with Crippen LogP contribution in [-0.2, 0) is 16.0 Å². The summed E-state index contributed by atoms with van der Waals surface area (Å²) in [7, 11) is 1.69. The Hall–Kier alpha value is -1.60. The first kappa shape index (κ1) is 19.4. The lowest BCUT2D eigenvalue weighted by Gasteiger charge is -2.20. The number of carbonyl (C=O) groups is 1. The van der Waals surface area contributed by atoms with Gasteiger partial charge in [-0.3, -0.25) is 5.10 Å². The highest BCUT2D eigenvalue weighted by atomic mass is 16.6. The zero-order valence-electron chi connectivity index (χ0n) is 14.9. The van der Waals surface area contributed by atoms with Gasteiger partial charge in [-0.2, -0.15) is 5.10 Å². The van der Waals surface area contributed by atoms with Crippen LogP contribution >= 0.6 is 0 Å². The van der Waals surface area contributed by atoms with Crippen LogP contribution in [0.4, 0.5) is 4.79 Å². The molecule has 0 aliphatic rings. The number of H-pyrrole nitrogens is 1. The second-order valence-electron chi connectivity index (χ2n) is 6.62. The summed E-state index contributed by atoms with van der Waals surface area (Å²) in [6.45, 7) is 9.51. The Balaban J connectivity index is 2.25. The number of aromatic amines is 1. The second kappa shape index (κ2) is 9.52. The number of carbonyl (C=O) groups excluding carboxylic acids is 1. The molecule has 1 amide bonds. The van der Waals surface area contributed by atoms with Crippen LogP contribution < -0.4 is 10.6 Å². The largest absolute Gasteiger partial charge is 0.444 e. The number of nitrogens with zero attached hydrogens (tertiary/aromatic N) is 1. The molecule has 0 saturated carbocycles. The third kappa shape index (κ3) is 8.56. The highest BCUT2D eigenvalue weighted by Gasteiger charge is 2.16. The van der Waals surface area contributed by atoms with E-state index in [1.165, 1.54) is 0 Å². The maximum absolute atomic E-state index is 11.6. The molecule has 0 bridgehead atoms. The molecule has 1 rings (SSSR count). The van der Waals surface area contributed by atoms with Gasteiger partial charge in [0, 0.05) is 37.5 Å². The summed E-state index contributed by atoms with van der Waals surface area (Å²) in [5.41, 5.74) is 1.75. The Morgan fingerprint density at radius 2 is 2.17 bits per heavy atom. The van der Waals surface area contributed by atoms with Crippen LogP contribution in [0.5, 0.6) is 0 Å². The van der Waals surface area contributed by atoms with Crippen LogP contribution in [0.3, 0.4) is 0 Å². The maximum Gasteiger partial charge on any atom is 0.407 e. The minimum atomic E-state index is -0.466. The number of rotatable bonds is 9. The highest BCUT2D eigenvalue weighted by Crippen LogP contribution is 2.07. The summed E-state index contributed by atoms with van der Waals surface area (Å²) in [6.07, 6.45) is 3.21. The smallest absolute Gasteiger partial charge is 0.407 e. The molecular weight excluding hydrogens is 296 g/mol. The molecule has 0 aromatic carbocycles. The SMILES string of the molecule is COCC(CCCNC(=O)OC(C)(C)C)NCc1cn[nH]c1C. The highest BCUT2D eigenvalue weighted by molar-refractivity contribution is 5.67. The van der Waals surface area contributed by atoms with E-state index >= 15 is 0 Å². The molecule has 23 heavy (non-hydrogen) atoms. The Kier molecular flexibility index (Phi) is 8.05. The van der Waals surface area contributed by atoms with Gasteiger partial charge in [-0.05, 0) is 40.5 Å². The number of aryl methyl sites for hydroxylation is 1. The van der Waals surface area contributed by atoms with Crippen LogP contribution in [0.25, 0.3) is 0 Å². The van der Waals surface area contributed by atoms with Crippen molar-refractivity contribution >= 4 is 6.09 Å². The van der Waals surface area contributed by atoms with Crippen LogP contribution in [0.2, 0.25) is 0 Å². The van der Waals surface area contributed by atoms with Gasteiger partial charge in [-0.15, -0.1) is 0 Å². The Labute approximate surface area is 138 Å². The second-order valence-corrected chi connectivity index (χ2v) is 6.62. The van der Waals surface area contributed by atoms with Gasteiger partial charge in [-0.1, -0.05) is 0 Å². The van der Waals surface area contributed by atoms with Gasteiger partial charge >= 0.3 is 6.09 Å². The van der Waals surface area contributed by atoms with Gasteiger partial charge in [0.1, 0.15) is 5.60 Å². The van der Waals surface area contributed by atoms with E-state index in [4.69, 9.17) is 9.47 Å². The molecule has 1 unspecified atom stereocenters. The van der Waals surface area contributed by atoms with Crippen LogP contribution in [0, 0.1) is 6.92 Å². The maximum atomic E-state index is 11.6. The number of amides is 1. The lowest BCUT2D eigenvalue weighted by atomic mass is 10.1. The van der Waals surface area contributed by atoms with Crippen molar-refractivity contribution in [3.63, 3.8) is 0 Å². The van der Waals surface area contributed by atoms with E-state index in [1.807, 2.05) is 33.9 Å². The first-order valence-electron chi connectivity index (χ1n) is 8.00. The number of hydrogen-bond acceptors (Lipinski definition) is 5. The zero-order chi connectivity index (χ0) is 17.3. The molecule has 1 heterocycles. The van der Waals surface area contributed by atoms with E-state index in [9.17, 15) is 4.79 Å². The Bertz CT molecular complexity index is 468. The predicted molar refractivity (Wildman–Crippen MR) is 89.3 cm³/mol. The van der Waals surface area contributed by atoms with Crippen molar-refractivity contribution in [2.45, 2.75) is 58.7 Å². The minimum Gasteiger partial charge on any atom is -0.444 e. The lowest BCUT2D eigenvalue weighted by molar-refractivity contribution is 0.0526. The van der Waals surface area contributed by atoms with Crippen molar-refractivity contribution in [2.75, 3.05) is 20.3 Å². The van der Waals surface area contributed by atoms with Crippen LogP contribution in [-0.4, -0.2) is 48.2 Å². The van der Waals surface area contributed by atoms with Crippen molar-refractivity contribution < 1.29 is 14.3 Å². The number of aromatic nitrogens is 2. The third-order valence-electron chi connectivity index (χ3n) is 3.28. The number of ether oxygens (including phenoxy) is 2. The average Bonchev–Trinajstić information content (AvgIpc) is 2.84. The molecule has 132 valence electrons. The molecular formula is C16H30N4O3. The summed E-state index contributed by atoms with van der Waals surface area (Å²) in [5, 5.41) is 13.2. The summed E-state index contributed by atoms with van der Waals surface area (Å²) < 4.78 is 10.5. The third-order valence-corrected chi connectivity index (χ3v) is 3.28. The van der Waals surface area contributed by atoms with Crippen LogP contribution in [0.15, 0.2) is 6.20 Å². The molecule has 0 aliphatic carbocycles. The van der Waals surface area contributed by atoms with Crippen LogP contribution in [0.1, 0.15) is 44.9 Å². The topological polar surface area (TPSA) is 88.3 Å². The average molecular weight is 326 g/mol. The fourth-order valence-corrected chi connectivity index (χ4v) is 2.11. The van der Waals surface area contributed by atoms with Gasteiger partial charge in [-0.25, -0.2) is 4.79 Å². The van der Waals surface area contributed by atoms with Crippen molar-refractivity contribution in [3.8, 4) is 0 Å². The molecule has 0 radical (unpaired) electrons. The van der Waals surface area contributed by atoms with Gasteiger partial charge in [0.2, 0.25) is 0 Å². The minimum absolute atomic E-state index is 0.231. The normalized spacial score (nSPS) is 12.9. The fourth-order valence-electron chi connectivity index (χ4n) is 2.11. The fraction of sp³-hybridized carbons (Fsp3) is 0.750. The van der Waals surface area contributed by atoms with Gasteiger partial charge in [0.05, 0.1) is 12.8 Å². The molecule has 3 N–H and O–H groups in total. The molecule has 1 atom stereocenters. The number of methoxy groups -OCH3 is 1. The molecule has 0 spiro atoms. The summed E-state index contributed by atoms with van der Waals surface area (Å²) in [5.74, 6) is 0. The van der Waals surface area contributed by atoms with Crippen molar-refractivity contribution in [3.05, 3.63) is 17.5 Å². The summed E-state index contributed by atoms with van der Waals surface area (Å²) >= 11 is 0. The summed E-state index contributed by atoms with van der Waals surface area (Å²) in [6, 6.07) is 0.231. The van der Waals surface area contributed by atoms with E-state index in [0.29, 0.717) is 13.2 Å². The van der Waals surface area contributed by atoms with Crippen molar-refractivity contribution in [1.29, 1.82) is 0 Å². The van der Waals surface area contributed by atoms with E-state index < -0.39 is 5.60 Å². The first-order valence-corrected chi connectivity index (χ1v) is 8.00. The van der Waals surface area contributed by atoms with E-state index in [2.05, 4.69) is 20.8 Å². The van der Waals surface area contributed by atoms with E-state index in [1.54, 1.807) is 7.11 Å². The van der Waals surface area contributed by atoms with E-state index in [-0.39, 0.29) is 12.1 Å². The standard InChI is InChI=1S/C16H30N4O3/c1-12-13(10-19-20-12)9-18-14(11-22-5)7-6-8-17-15(21)23-16(2,3)4/h10,14,18H,6-9,11H2,1-5H3,(H,17,21)(H,19,20). The molecule has 0 saturated heterocycles. The first-order chi connectivity index (χ1) is 10.8. The Morgan fingerprint density at radius 1 is 1.43 bits per heavy atom. The van der Waals surface area contributed by atoms with Gasteiger partial charge in [0.15, 0.2) is 0 Å². The number of hydrogen-bond donors (Lipinski definition) is 3. The molecule has 7 heteroatoms. The molecule has 0 fully saturated rings. The monoisotopic (exact) mass is 326 g/mol. The van der Waals surface area contributed by atoms with Crippen molar-refractivity contribution in [2.24, 2.45) is 0 Å². The zero-order valence-corrected chi connectivity index (χ0v) is 14.9. The summed E-state index contributed by atoms with van der Waals surface area (Å²) in [4.78, 5) is 11.6. The number of alkyl carbamates (subject to hydrolysis) is 1.